The zero-order valence-electron chi connectivity index (χ0n) is 5.76. The van der Waals surface area contributed by atoms with E-state index in [1.807, 2.05) is 0 Å². The second kappa shape index (κ2) is 4.51. The number of rotatable bonds is 4. The summed E-state index contributed by atoms with van der Waals surface area (Å²) in [6, 6.07) is 0. The molecule has 2 N–H and O–H groups in total. The minimum absolute atomic E-state index is 0.115. The van der Waals surface area contributed by atoms with Gasteiger partial charge in [0.25, 0.3) is 0 Å². The van der Waals surface area contributed by atoms with Crippen LogP contribution in [0.15, 0.2) is 0 Å². The molecule has 0 heterocycles. The topological polar surface area (TPSA) is 24.1 Å². The van der Waals surface area contributed by atoms with Gasteiger partial charge in [0, 0.05) is 13.0 Å². The number of hydrogen-bond acceptors (Lipinski definition) is 2. The van der Waals surface area contributed by atoms with Gasteiger partial charge in [-0.05, 0) is 13.5 Å². The number of hydrogen-bond donors (Lipinski definition) is 2. The highest BCUT2D eigenvalue weighted by molar-refractivity contribution is 4.51. The fourth-order valence-corrected chi connectivity index (χ4v) is 0.502. The second-order valence-corrected chi connectivity index (χ2v) is 1.90. The zero-order chi connectivity index (χ0) is 8.04. The van der Waals surface area contributed by atoms with E-state index >= 15 is 0 Å². The van der Waals surface area contributed by atoms with E-state index in [1.165, 1.54) is 0 Å². The molecule has 62 valence electrons. The number of nitrogens with one attached hydrogen (secondary N) is 2. The average molecular weight is 156 g/mol. The Hall–Kier alpha value is -0.290. The summed E-state index contributed by atoms with van der Waals surface area (Å²) in [5.41, 5.74) is 5.11. The molecule has 2 nitrogen and oxygen atoms in total. The molecular formula is C5H11F3N2. The van der Waals surface area contributed by atoms with Crippen LogP contribution in [-0.4, -0.2) is 19.8 Å². The summed E-state index contributed by atoms with van der Waals surface area (Å²) in [4.78, 5) is 0. The first kappa shape index (κ1) is 9.71. The van der Waals surface area contributed by atoms with Crippen molar-refractivity contribution >= 4 is 0 Å². The molecule has 0 fully saturated rings. The van der Waals surface area contributed by atoms with Gasteiger partial charge in [-0.25, -0.2) is 0 Å². The molecule has 0 atom stereocenters. The van der Waals surface area contributed by atoms with Crippen LogP contribution in [0, 0.1) is 0 Å². The molecule has 5 heteroatoms. The summed E-state index contributed by atoms with van der Waals surface area (Å²) < 4.78 is 34.3. The van der Waals surface area contributed by atoms with Crippen molar-refractivity contribution in [3.8, 4) is 0 Å². The molecule has 0 aromatic rings. The lowest BCUT2D eigenvalue weighted by molar-refractivity contribution is -0.135. The van der Waals surface area contributed by atoms with Gasteiger partial charge in [0.15, 0.2) is 0 Å². The van der Waals surface area contributed by atoms with Gasteiger partial charge in [-0.1, -0.05) is 0 Å². The van der Waals surface area contributed by atoms with Crippen molar-refractivity contribution in [1.29, 1.82) is 0 Å². The Morgan fingerprint density at radius 3 is 2.30 bits per heavy atom. The first-order valence-electron chi connectivity index (χ1n) is 3.02. The Balaban J connectivity index is 3.04. The summed E-state index contributed by atoms with van der Waals surface area (Å²) in [6.07, 6.45) is -4.62. The second-order valence-electron chi connectivity index (χ2n) is 1.90. The molecule has 0 bridgehead atoms. The van der Waals surface area contributed by atoms with E-state index in [-0.39, 0.29) is 6.42 Å². The van der Waals surface area contributed by atoms with Crippen molar-refractivity contribution in [2.24, 2.45) is 0 Å². The Bertz CT molecular complexity index is 81.5. The van der Waals surface area contributed by atoms with Crippen molar-refractivity contribution in [2.45, 2.75) is 19.0 Å². The van der Waals surface area contributed by atoms with Crippen molar-refractivity contribution < 1.29 is 13.2 Å². The van der Waals surface area contributed by atoms with Gasteiger partial charge in [-0.2, -0.15) is 13.2 Å². The number of hydrazine groups is 1. The van der Waals surface area contributed by atoms with Crippen molar-refractivity contribution in [3.05, 3.63) is 0 Å². The Kier molecular flexibility index (Phi) is 4.38. The smallest absolute Gasteiger partial charge is 0.261 e. The van der Waals surface area contributed by atoms with Gasteiger partial charge < -0.3 is 0 Å². The highest BCUT2D eigenvalue weighted by Gasteiger charge is 2.25. The zero-order valence-corrected chi connectivity index (χ0v) is 5.76. The first-order valence-corrected chi connectivity index (χ1v) is 3.02. The van der Waals surface area contributed by atoms with E-state index in [0.717, 1.165) is 0 Å². The maximum atomic E-state index is 11.4. The maximum absolute atomic E-state index is 11.4. The van der Waals surface area contributed by atoms with E-state index in [2.05, 4.69) is 10.9 Å². The van der Waals surface area contributed by atoms with Gasteiger partial charge in [0.1, 0.15) is 0 Å². The fraction of sp³-hybridized carbons (Fsp3) is 1.00. The maximum Gasteiger partial charge on any atom is 0.389 e. The quantitative estimate of drug-likeness (QED) is 0.469. The van der Waals surface area contributed by atoms with Crippen LogP contribution in [0.3, 0.4) is 0 Å². The van der Waals surface area contributed by atoms with E-state index in [9.17, 15) is 13.2 Å². The average Bonchev–Trinajstić information content (AvgIpc) is 1.78. The molecule has 0 saturated heterocycles. The van der Waals surface area contributed by atoms with Crippen LogP contribution in [0.4, 0.5) is 13.2 Å². The van der Waals surface area contributed by atoms with E-state index < -0.39 is 12.6 Å². The molecule has 0 unspecified atom stereocenters. The predicted octanol–water partition coefficient (Wildman–Crippen LogP) is 1.05. The summed E-state index contributed by atoms with van der Waals surface area (Å²) in [7, 11) is 1.62. The van der Waals surface area contributed by atoms with Crippen LogP contribution in [0.5, 0.6) is 0 Å². The molecule has 0 spiro atoms. The third kappa shape index (κ3) is 7.71. The highest BCUT2D eigenvalue weighted by atomic mass is 19.4. The van der Waals surface area contributed by atoms with Crippen LogP contribution < -0.4 is 10.9 Å². The lowest BCUT2D eigenvalue weighted by Crippen LogP contribution is -2.29. The first-order chi connectivity index (χ1) is 4.56. The standard InChI is InChI=1S/C5H11F3N2/c1-9-10-4-2-3-5(6,7)8/h9-10H,2-4H2,1H3. The lowest BCUT2D eigenvalue weighted by atomic mass is 10.3. The fourth-order valence-electron chi connectivity index (χ4n) is 0.502. The monoisotopic (exact) mass is 156 g/mol. The van der Waals surface area contributed by atoms with Gasteiger partial charge >= 0.3 is 6.18 Å². The third-order valence-corrected chi connectivity index (χ3v) is 0.939. The largest absolute Gasteiger partial charge is 0.389 e. The molecular weight excluding hydrogens is 145 g/mol. The SMILES string of the molecule is CNNCCCC(F)(F)F. The normalized spacial score (nSPS) is 12.0. The van der Waals surface area contributed by atoms with Gasteiger partial charge in [0.05, 0.1) is 0 Å². The lowest BCUT2D eigenvalue weighted by Gasteiger charge is -2.05. The Labute approximate surface area is 57.8 Å². The molecule has 0 rings (SSSR count). The van der Waals surface area contributed by atoms with Crippen LogP contribution in [0.2, 0.25) is 0 Å². The highest BCUT2D eigenvalue weighted by Crippen LogP contribution is 2.20. The molecule has 0 aliphatic rings. The van der Waals surface area contributed by atoms with Crippen molar-refractivity contribution in [2.75, 3.05) is 13.6 Å². The third-order valence-electron chi connectivity index (χ3n) is 0.939. The van der Waals surface area contributed by atoms with E-state index in [4.69, 9.17) is 0 Å². The Morgan fingerprint density at radius 1 is 1.30 bits per heavy atom. The molecule has 0 saturated carbocycles. The molecule has 0 radical (unpaired) electrons. The minimum atomic E-state index is -4.02. The predicted molar refractivity (Wildman–Crippen MR) is 32.4 cm³/mol. The van der Waals surface area contributed by atoms with E-state index in [0.29, 0.717) is 6.54 Å². The van der Waals surface area contributed by atoms with Gasteiger partial charge in [0.2, 0.25) is 0 Å². The summed E-state index contributed by atoms with van der Waals surface area (Å²) in [5, 5.41) is 0. The molecule has 0 aliphatic heterocycles. The van der Waals surface area contributed by atoms with Crippen LogP contribution in [0.25, 0.3) is 0 Å². The van der Waals surface area contributed by atoms with Crippen LogP contribution >= 0.6 is 0 Å². The molecule has 0 aliphatic carbocycles. The van der Waals surface area contributed by atoms with E-state index in [1.54, 1.807) is 7.05 Å². The molecule has 0 aromatic heterocycles. The van der Waals surface area contributed by atoms with Crippen LogP contribution in [-0.2, 0) is 0 Å². The molecule has 10 heavy (non-hydrogen) atoms. The van der Waals surface area contributed by atoms with Crippen LogP contribution in [0.1, 0.15) is 12.8 Å². The molecule has 0 aromatic carbocycles. The van der Waals surface area contributed by atoms with Gasteiger partial charge in [-0.3, -0.25) is 10.9 Å². The summed E-state index contributed by atoms with van der Waals surface area (Å²) in [6.45, 7) is 0.343. The number of halogens is 3. The molecule has 0 amide bonds. The number of alkyl halides is 3. The Morgan fingerprint density at radius 2 is 1.90 bits per heavy atom. The van der Waals surface area contributed by atoms with Crippen molar-refractivity contribution in [1.82, 2.24) is 10.9 Å². The summed E-state index contributed by atoms with van der Waals surface area (Å²) in [5.74, 6) is 0. The summed E-state index contributed by atoms with van der Waals surface area (Å²) >= 11 is 0. The minimum Gasteiger partial charge on any atom is -0.261 e. The van der Waals surface area contributed by atoms with Crippen molar-refractivity contribution in [3.63, 3.8) is 0 Å². The van der Waals surface area contributed by atoms with Gasteiger partial charge in [-0.15, -0.1) is 0 Å².